The normalized spacial score (nSPS) is 16.9. The molecule has 1 heterocycles. The minimum atomic E-state index is -3.90. The third-order valence-electron chi connectivity index (χ3n) is 5.40. The van der Waals surface area contributed by atoms with Crippen LogP contribution in [0.3, 0.4) is 0 Å². The molecule has 0 radical (unpaired) electrons. The number of carbonyl (C=O) groups excluding carboxylic acids is 1. The van der Waals surface area contributed by atoms with Gasteiger partial charge in [-0.05, 0) is 44.0 Å². The standard InChI is InChI=1S/C21H25N3O7S/c1-14-6-4-5-11-23(14)32(28,29)20-12-15(7-9-19(20)31-3)21(25)22-17-13-16(24(26)27)8-10-18(17)30-2/h7-10,12-14H,4-6,11H2,1-3H3,(H,22,25)/t14-/m1/s1. The molecule has 1 saturated heterocycles. The Morgan fingerprint density at radius 2 is 1.81 bits per heavy atom. The molecule has 0 aliphatic carbocycles. The Bertz CT molecular complexity index is 1130. The predicted molar refractivity (Wildman–Crippen MR) is 118 cm³/mol. The second-order valence-electron chi connectivity index (χ2n) is 7.42. The lowest BCUT2D eigenvalue weighted by molar-refractivity contribution is -0.384. The van der Waals surface area contributed by atoms with E-state index in [0.29, 0.717) is 6.54 Å². The fourth-order valence-corrected chi connectivity index (χ4v) is 5.56. The Morgan fingerprint density at radius 3 is 2.44 bits per heavy atom. The number of hydrogen-bond donors (Lipinski definition) is 1. The van der Waals surface area contributed by atoms with Crippen molar-refractivity contribution in [2.45, 2.75) is 37.1 Å². The predicted octanol–water partition coefficient (Wildman–Crippen LogP) is 3.43. The van der Waals surface area contributed by atoms with Gasteiger partial charge >= 0.3 is 0 Å². The van der Waals surface area contributed by atoms with E-state index in [1.54, 1.807) is 0 Å². The third-order valence-corrected chi connectivity index (χ3v) is 7.43. The molecule has 1 aliphatic rings. The molecule has 3 rings (SSSR count). The van der Waals surface area contributed by atoms with Crippen molar-refractivity contribution in [1.82, 2.24) is 4.31 Å². The molecular formula is C21H25N3O7S. The number of non-ortho nitro benzene ring substituents is 1. The Hall–Kier alpha value is -3.18. The van der Waals surface area contributed by atoms with Crippen LogP contribution in [0.2, 0.25) is 0 Å². The fourth-order valence-electron chi connectivity index (χ4n) is 3.68. The van der Waals surface area contributed by atoms with E-state index >= 15 is 0 Å². The van der Waals surface area contributed by atoms with E-state index in [4.69, 9.17) is 9.47 Å². The number of amides is 1. The van der Waals surface area contributed by atoms with Gasteiger partial charge in [-0.25, -0.2) is 8.42 Å². The van der Waals surface area contributed by atoms with Crippen LogP contribution in [-0.4, -0.2) is 50.4 Å². The third kappa shape index (κ3) is 4.68. The van der Waals surface area contributed by atoms with Crippen LogP contribution in [0.4, 0.5) is 11.4 Å². The van der Waals surface area contributed by atoms with Crippen molar-refractivity contribution >= 4 is 27.3 Å². The molecule has 1 fully saturated rings. The molecule has 0 aromatic heterocycles. The summed E-state index contributed by atoms with van der Waals surface area (Å²) in [7, 11) is -1.17. The zero-order chi connectivity index (χ0) is 23.5. The molecule has 10 nitrogen and oxygen atoms in total. The largest absolute Gasteiger partial charge is 0.495 e. The van der Waals surface area contributed by atoms with Crippen LogP contribution in [0.25, 0.3) is 0 Å². The quantitative estimate of drug-likeness (QED) is 0.492. The summed E-state index contributed by atoms with van der Waals surface area (Å²) in [4.78, 5) is 23.3. The summed E-state index contributed by atoms with van der Waals surface area (Å²) in [5, 5.41) is 13.6. The number of piperidine rings is 1. The van der Waals surface area contributed by atoms with E-state index in [1.807, 2.05) is 6.92 Å². The number of methoxy groups -OCH3 is 2. The first-order valence-corrected chi connectivity index (χ1v) is 11.5. The average Bonchev–Trinajstić information content (AvgIpc) is 2.78. The molecule has 0 saturated carbocycles. The smallest absolute Gasteiger partial charge is 0.271 e. The molecule has 1 aliphatic heterocycles. The maximum absolute atomic E-state index is 13.3. The molecule has 0 bridgehead atoms. The van der Waals surface area contributed by atoms with Crippen molar-refractivity contribution in [3.05, 3.63) is 52.1 Å². The number of nitro benzene ring substituents is 1. The number of carbonyl (C=O) groups is 1. The summed E-state index contributed by atoms with van der Waals surface area (Å²) < 4.78 is 38.5. The molecule has 0 spiro atoms. The molecule has 0 unspecified atom stereocenters. The van der Waals surface area contributed by atoms with Gasteiger partial charge in [0.2, 0.25) is 10.0 Å². The number of hydrogen-bond acceptors (Lipinski definition) is 7. The van der Waals surface area contributed by atoms with Crippen LogP contribution in [0.5, 0.6) is 11.5 Å². The van der Waals surface area contributed by atoms with Crippen molar-refractivity contribution < 1.29 is 27.6 Å². The Kier molecular flexibility index (Phi) is 6.99. The molecule has 2 aromatic rings. The van der Waals surface area contributed by atoms with Crippen molar-refractivity contribution in [3.63, 3.8) is 0 Å². The van der Waals surface area contributed by atoms with Gasteiger partial charge in [-0.1, -0.05) is 6.42 Å². The number of sulfonamides is 1. The van der Waals surface area contributed by atoms with Gasteiger partial charge in [0.1, 0.15) is 16.4 Å². The monoisotopic (exact) mass is 463 g/mol. The first-order chi connectivity index (χ1) is 15.2. The minimum Gasteiger partial charge on any atom is -0.495 e. The highest BCUT2D eigenvalue weighted by atomic mass is 32.2. The maximum Gasteiger partial charge on any atom is 0.271 e. The first kappa shape index (κ1) is 23.5. The van der Waals surface area contributed by atoms with Gasteiger partial charge in [-0.3, -0.25) is 14.9 Å². The van der Waals surface area contributed by atoms with E-state index in [-0.39, 0.29) is 39.4 Å². The summed E-state index contributed by atoms with van der Waals surface area (Å²) in [6.07, 6.45) is 2.48. The summed E-state index contributed by atoms with van der Waals surface area (Å²) in [5.41, 5.74) is -0.0719. The number of ether oxygens (including phenoxy) is 2. The number of rotatable bonds is 7. The summed E-state index contributed by atoms with van der Waals surface area (Å²) in [5.74, 6) is -0.283. The SMILES string of the molecule is COc1ccc([N+](=O)[O-])cc1NC(=O)c1ccc(OC)c(S(=O)(=O)N2CCCC[C@H]2C)c1. The first-order valence-electron chi connectivity index (χ1n) is 10.0. The van der Waals surface area contributed by atoms with Crippen LogP contribution in [0, 0.1) is 10.1 Å². The Labute approximate surface area is 186 Å². The molecule has 2 aromatic carbocycles. The van der Waals surface area contributed by atoms with E-state index < -0.39 is 20.9 Å². The van der Waals surface area contributed by atoms with Crippen LogP contribution < -0.4 is 14.8 Å². The minimum absolute atomic E-state index is 0.0580. The number of nitrogens with zero attached hydrogens (tertiary/aromatic N) is 2. The van der Waals surface area contributed by atoms with Crippen molar-refractivity contribution in [1.29, 1.82) is 0 Å². The molecule has 1 N–H and O–H groups in total. The van der Waals surface area contributed by atoms with Gasteiger partial charge in [-0.15, -0.1) is 0 Å². The number of benzene rings is 2. The lowest BCUT2D eigenvalue weighted by Crippen LogP contribution is -2.42. The van der Waals surface area contributed by atoms with Gasteiger partial charge in [0.05, 0.1) is 24.8 Å². The van der Waals surface area contributed by atoms with Gasteiger partial charge in [0.25, 0.3) is 11.6 Å². The molecule has 11 heteroatoms. The highest BCUT2D eigenvalue weighted by Gasteiger charge is 2.33. The van der Waals surface area contributed by atoms with Crippen LogP contribution in [0.1, 0.15) is 36.5 Å². The fraction of sp³-hybridized carbons (Fsp3) is 0.381. The van der Waals surface area contributed by atoms with Gasteiger partial charge in [-0.2, -0.15) is 4.31 Å². The highest BCUT2D eigenvalue weighted by molar-refractivity contribution is 7.89. The van der Waals surface area contributed by atoms with Crippen LogP contribution in [0.15, 0.2) is 41.3 Å². The van der Waals surface area contributed by atoms with E-state index in [9.17, 15) is 23.3 Å². The molecule has 172 valence electrons. The second kappa shape index (κ2) is 9.53. The van der Waals surface area contributed by atoms with Gasteiger partial charge < -0.3 is 14.8 Å². The topological polar surface area (TPSA) is 128 Å². The summed E-state index contributed by atoms with van der Waals surface area (Å²) in [6, 6.07) is 7.74. The van der Waals surface area contributed by atoms with E-state index in [0.717, 1.165) is 19.3 Å². The maximum atomic E-state index is 13.3. The lowest BCUT2D eigenvalue weighted by Gasteiger charge is -2.32. The number of nitro groups is 1. The molecule has 1 amide bonds. The number of nitrogens with one attached hydrogen (secondary N) is 1. The van der Waals surface area contributed by atoms with E-state index in [2.05, 4.69) is 5.32 Å². The highest BCUT2D eigenvalue weighted by Crippen LogP contribution is 2.33. The van der Waals surface area contributed by atoms with Crippen molar-refractivity contribution in [2.24, 2.45) is 0 Å². The molecule has 32 heavy (non-hydrogen) atoms. The lowest BCUT2D eigenvalue weighted by atomic mass is 10.1. The van der Waals surface area contributed by atoms with Crippen LogP contribution >= 0.6 is 0 Å². The van der Waals surface area contributed by atoms with Gasteiger partial charge in [0.15, 0.2) is 0 Å². The molecule has 1 atom stereocenters. The zero-order valence-electron chi connectivity index (χ0n) is 18.0. The van der Waals surface area contributed by atoms with Crippen molar-refractivity contribution in [3.8, 4) is 11.5 Å². The Morgan fingerprint density at radius 1 is 1.12 bits per heavy atom. The average molecular weight is 464 g/mol. The second-order valence-corrected chi connectivity index (χ2v) is 9.28. The summed E-state index contributed by atoms with van der Waals surface area (Å²) >= 11 is 0. The zero-order valence-corrected chi connectivity index (χ0v) is 18.8. The number of anilines is 1. The van der Waals surface area contributed by atoms with Gasteiger partial charge in [0, 0.05) is 30.3 Å². The molecular weight excluding hydrogens is 438 g/mol. The van der Waals surface area contributed by atoms with Crippen molar-refractivity contribution in [2.75, 3.05) is 26.1 Å². The van der Waals surface area contributed by atoms with E-state index in [1.165, 1.54) is 54.9 Å². The summed E-state index contributed by atoms with van der Waals surface area (Å²) in [6.45, 7) is 2.25. The Balaban J connectivity index is 1.97. The van der Waals surface area contributed by atoms with Crippen LogP contribution in [-0.2, 0) is 10.0 Å².